The number of pyridine rings is 1. The number of benzene rings is 1. The molecule has 1 saturated heterocycles. The highest BCUT2D eigenvalue weighted by Gasteiger charge is 2.62. The molecule has 0 radical (unpaired) electrons. The summed E-state index contributed by atoms with van der Waals surface area (Å²) in [4.78, 5) is 45.6. The number of ether oxygens (including phenoxy) is 4. The second-order valence-corrected chi connectivity index (χ2v) is 11.5. The van der Waals surface area contributed by atoms with Crippen molar-refractivity contribution in [1.82, 2.24) is 15.2 Å². The molecule has 1 aromatic heterocycles. The van der Waals surface area contributed by atoms with E-state index in [0.29, 0.717) is 35.5 Å². The molecule has 1 N–H and O–H groups in total. The zero-order valence-electron chi connectivity index (χ0n) is 24.6. The number of aromatic nitrogens is 1. The number of esters is 1. The predicted molar refractivity (Wildman–Crippen MR) is 158 cm³/mol. The molecule has 2 fully saturated rings. The van der Waals surface area contributed by atoms with Gasteiger partial charge in [-0.1, -0.05) is 19.0 Å². The van der Waals surface area contributed by atoms with Gasteiger partial charge in [-0.3, -0.25) is 9.69 Å². The van der Waals surface area contributed by atoms with Crippen molar-refractivity contribution in [1.29, 1.82) is 0 Å². The van der Waals surface area contributed by atoms with Crippen LogP contribution >= 0.6 is 0 Å². The van der Waals surface area contributed by atoms with Gasteiger partial charge in [0.25, 0.3) is 0 Å². The SMILES string of the molecule is BCC(=C)c1cc(O[C@@H]2C[C@@H](C(=O)N[C@]3(C(=O)OC)CC3C=C)N(C(=O)OC(C)(C)C)C2)c2ccc(OC)cc2n1. The van der Waals surface area contributed by atoms with Crippen LogP contribution < -0.4 is 14.8 Å². The van der Waals surface area contributed by atoms with Gasteiger partial charge in [0.1, 0.15) is 42.6 Å². The zero-order valence-corrected chi connectivity index (χ0v) is 24.6. The van der Waals surface area contributed by atoms with Gasteiger partial charge in [0.05, 0.1) is 32.0 Å². The first kappa shape index (κ1) is 30.0. The van der Waals surface area contributed by atoms with Crippen molar-refractivity contribution < 1.29 is 33.3 Å². The molecule has 1 aliphatic heterocycles. The Labute approximate surface area is 241 Å². The standard InChI is InChI=1S/C30H38BN3O7/c1-8-18-14-30(18,27(36)39-7)33-26(35)24-12-20(16-34(24)28(37)41-29(3,4)5)40-25-13-22(17(2)15-31)32-23-11-19(38-6)9-10-21(23)25/h8-11,13,18,20,24H,1-2,12,14-16,31H2,3-7H3,(H,33,35)/t18?,20-,24+,30-/m1/s1. The number of nitrogens with zero attached hydrogens (tertiary/aromatic N) is 2. The molecule has 1 aliphatic carbocycles. The predicted octanol–water partition coefficient (Wildman–Crippen LogP) is 3.30. The summed E-state index contributed by atoms with van der Waals surface area (Å²) in [5, 5.41) is 3.60. The third kappa shape index (κ3) is 6.18. The van der Waals surface area contributed by atoms with Gasteiger partial charge in [0.2, 0.25) is 5.91 Å². The monoisotopic (exact) mass is 563 g/mol. The van der Waals surface area contributed by atoms with Gasteiger partial charge in [-0.25, -0.2) is 14.6 Å². The molecule has 11 heteroatoms. The second kappa shape index (κ2) is 11.5. The molecule has 1 aromatic carbocycles. The number of carbonyl (C=O) groups excluding carboxylic acids is 3. The first-order valence-electron chi connectivity index (χ1n) is 13.7. The Morgan fingerprint density at radius 2 is 1.98 bits per heavy atom. The highest BCUT2D eigenvalue weighted by Crippen LogP contribution is 2.45. The van der Waals surface area contributed by atoms with Crippen molar-refractivity contribution >= 4 is 42.3 Å². The van der Waals surface area contributed by atoms with E-state index in [1.54, 1.807) is 34.0 Å². The summed E-state index contributed by atoms with van der Waals surface area (Å²) in [6.07, 6.45) is 1.70. The van der Waals surface area contributed by atoms with Gasteiger partial charge in [-0.05, 0) is 44.9 Å². The quantitative estimate of drug-likeness (QED) is 0.281. The summed E-state index contributed by atoms with van der Waals surface area (Å²) >= 11 is 0. The van der Waals surface area contributed by atoms with Gasteiger partial charge in [-0.15, -0.1) is 6.58 Å². The molecule has 2 amide bonds. The molecule has 2 aromatic rings. The largest absolute Gasteiger partial charge is 0.497 e. The van der Waals surface area contributed by atoms with Crippen LogP contribution in [0.3, 0.4) is 0 Å². The number of amides is 2. The van der Waals surface area contributed by atoms with Gasteiger partial charge >= 0.3 is 12.1 Å². The Hall–Kier alpha value is -4.02. The molecule has 10 nitrogen and oxygen atoms in total. The molecule has 1 unspecified atom stereocenters. The zero-order chi connectivity index (χ0) is 30.1. The average Bonchev–Trinajstić information content (AvgIpc) is 3.48. The highest BCUT2D eigenvalue weighted by molar-refractivity contribution is 6.14. The second-order valence-electron chi connectivity index (χ2n) is 11.5. The van der Waals surface area contributed by atoms with Crippen molar-refractivity contribution in [2.24, 2.45) is 5.92 Å². The normalized spacial score (nSPS) is 23.4. The lowest BCUT2D eigenvalue weighted by molar-refractivity contribution is -0.147. The lowest BCUT2D eigenvalue weighted by atomic mass is 9.95. The summed E-state index contributed by atoms with van der Waals surface area (Å²) in [6, 6.07) is 6.41. The van der Waals surface area contributed by atoms with Crippen LogP contribution in [0.5, 0.6) is 11.5 Å². The van der Waals surface area contributed by atoms with E-state index in [9.17, 15) is 14.4 Å². The van der Waals surface area contributed by atoms with E-state index in [1.807, 2.05) is 32.1 Å². The van der Waals surface area contributed by atoms with Crippen molar-refractivity contribution in [2.75, 3.05) is 20.8 Å². The number of nitrogens with one attached hydrogen (secondary N) is 1. The Morgan fingerprint density at radius 1 is 1.24 bits per heavy atom. The van der Waals surface area contributed by atoms with Crippen LogP contribution in [-0.2, 0) is 19.1 Å². The van der Waals surface area contributed by atoms with Crippen molar-refractivity contribution in [3.63, 3.8) is 0 Å². The van der Waals surface area contributed by atoms with Crippen LogP contribution in [0.15, 0.2) is 43.5 Å². The van der Waals surface area contributed by atoms with E-state index in [1.165, 1.54) is 12.0 Å². The van der Waals surface area contributed by atoms with Crippen LogP contribution in [0.25, 0.3) is 16.5 Å². The molecule has 218 valence electrons. The van der Waals surface area contributed by atoms with Gasteiger partial charge < -0.3 is 24.3 Å². The molecule has 2 aliphatic rings. The molecule has 41 heavy (non-hydrogen) atoms. The Bertz CT molecular complexity index is 1390. The van der Waals surface area contributed by atoms with Crippen molar-refractivity contribution in [3.05, 3.63) is 49.2 Å². The Morgan fingerprint density at radius 3 is 2.56 bits per heavy atom. The topological polar surface area (TPSA) is 116 Å². The summed E-state index contributed by atoms with van der Waals surface area (Å²) in [6.45, 7) is 13.3. The molecule has 4 atom stereocenters. The molecule has 0 spiro atoms. The first-order chi connectivity index (χ1) is 19.3. The minimum absolute atomic E-state index is 0.104. The lowest BCUT2D eigenvalue weighted by Crippen LogP contribution is -2.53. The molecule has 0 bridgehead atoms. The van der Waals surface area contributed by atoms with Crippen LogP contribution in [0.1, 0.15) is 39.3 Å². The van der Waals surface area contributed by atoms with Crippen molar-refractivity contribution in [3.8, 4) is 11.5 Å². The fourth-order valence-corrected chi connectivity index (χ4v) is 5.08. The molecule has 1 saturated carbocycles. The smallest absolute Gasteiger partial charge is 0.411 e. The Balaban J connectivity index is 1.65. The number of hydrogen-bond acceptors (Lipinski definition) is 8. The maximum absolute atomic E-state index is 13.6. The third-order valence-electron chi connectivity index (χ3n) is 7.45. The number of carbonyl (C=O) groups is 3. The minimum Gasteiger partial charge on any atom is -0.497 e. The third-order valence-corrected chi connectivity index (χ3v) is 7.45. The first-order valence-corrected chi connectivity index (χ1v) is 13.7. The Kier molecular flexibility index (Phi) is 8.38. The number of rotatable bonds is 9. The maximum atomic E-state index is 13.6. The van der Waals surface area contributed by atoms with Crippen LogP contribution in [0, 0.1) is 5.92 Å². The average molecular weight is 563 g/mol. The fraction of sp³-hybridized carbons (Fsp3) is 0.467. The molecular weight excluding hydrogens is 525 g/mol. The summed E-state index contributed by atoms with van der Waals surface area (Å²) in [5.41, 5.74) is 0.232. The highest BCUT2D eigenvalue weighted by atomic mass is 16.6. The van der Waals surface area contributed by atoms with Gasteiger partial charge in [-0.2, -0.15) is 0 Å². The number of methoxy groups -OCH3 is 2. The van der Waals surface area contributed by atoms with Crippen LogP contribution in [0.4, 0.5) is 4.79 Å². The molecule has 2 heterocycles. The van der Waals surface area contributed by atoms with E-state index in [-0.39, 0.29) is 18.9 Å². The maximum Gasteiger partial charge on any atom is 0.411 e. The molecule has 4 rings (SSSR count). The van der Waals surface area contributed by atoms with Gasteiger partial charge in [0.15, 0.2) is 0 Å². The summed E-state index contributed by atoms with van der Waals surface area (Å²) in [7, 11) is 4.86. The van der Waals surface area contributed by atoms with Gasteiger partial charge in [0, 0.05) is 29.9 Å². The summed E-state index contributed by atoms with van der Waals surface area (Å²) < 4.78 is 22.5. The van der Waals surface area contributed by atoms with E-state index < -0.39 is 41.3 Å². The van der Waals surface area contributed by atoms with Crippen molar-refractivity contribution in [2.45, 2.75) is 63.2 Å². The number of likely N-dealkylation sites (tertiary alicyclic amines) is 1. The summed E-state index contributed by atoms with van der Waals surface area (Å²) in [5.74, 6) is -0.0832. The molecular formula is C30H38BN3O7. The number of allylic oxidation sites excluding steroid dienone is 1. The van der Waals surface area contributed by atoms with E-state index >= 15 is 0 Å². The number of hydrogen-bond donors (Lipinski definition) is 1. The number of fused-ring (bicyclic) bond motifs is 1. The van der Waals surface area contributed by atoms with E-state index in [0.717, 1.165) is 11.0 Å². The lowest BCUT2D eigenvalue weighted by Gasteiger charge is -2.28. The van der Waals surface area contributed by atoms with E-state index in [4.69, 9.17) is 23.9 Å². The van der Waals surface area contributed by atoms with Crippen LogP contribution in [0.2, 0.25) is 6.32 Å². The minimum atomic E-state index is -1.19. The van der Waals surface area contributed by atoms with E-state index in [2.05, 4.69) is 18.5 Å². The fourth-order valence-electron chi connectivity index (χ4n) is 5.08. The van der Waals surface area contributed by atoms with Crippen LogP contribution in [-0.4, -0.2) is 79.8 Å².